The molecule has 2 fully saturated rings. The van der Waals surface area contributed by atoms with Gasteiger partial charge in [0.05, 0.1) is 5.75 Å². The molecule has 22 heavy (non-hydrogen) atoms. The van der Waals surface area contributed by atoms with E-state index in [1.807, 2.05) is 4.57 Å². The van der Waals surface area contributed by atoms with Crippen LogP contribution in [0.15, 0.2) is 5.16 Å². The van der Waals surface area contributed by atoms with E-state index in [-0.39, 0.29) is 5.91 Å². The molecule has 2 aliphatic carbocycles. The van der Waals surface area contributed by atoms with Gasteiger partial charge in [-0.25, -0.2) is 0 Å². The fourth-order valence-corrected chi connectivity index (χ4v) is 3.89. The van der Waals surface area contributed by atoms with E-state index in [1.54, 1.807) is 0 Å². The number of nitrogen functional groups attached to an aromatic ring is 1. The molecular weight excluding hydrogens is 298 g/mol. The summed E-state index contributed by atoms with van der Waals surface area (Å²) in [6.45, 7) is 0. The minimum absolute atomic E-state index is 0.0968. The Morgan fingerprint density at radius 3 is 2.50 bits per heavy atom. The molecule has 2 saturated carbocycles. The van der Waals surface area contributed by atoms with Crippen LogP contribution in [0.25, 0.3) is 0 Å². The summed E-state index contributed by atoms with van der Waals surface area (Å²) in [5, 5.41) is 12.0. The van der Waals surface area contributed by atoms with E-state index < -0.39 is 0 Å². The van der Waals surface area contributed by atoms with E-state index in [9.17, 15) is 4.79 Å². The number of nitrogens with two attached hydrogens (primary N) is 1. The Morgan fingerprint density at radius 2 is 1.82 bits per heavy atom. The molecule has 0 radical (unpaired) electrons. The Bertz CT molecular complexity index is 506. The van der Waals surface area contributed by atoms with Crippen LogP contribution in [0.4, 0.5) is 5.95 Å². The second-order valence-corrected chi connectivity index (χ2v) is 7.28. The summed E-state index contributed by atoms with van der Waals surface area (Å²) in [5.74, 6) is 0.950. The monoisotopic (exact) mass is 323 g/mol. The van der Waals surface area contributed by atoms with Crippen molar-refractivity contribution in [3.8, 4) is 0 Å². The summed E-state index contributed by atoms with van der Waals surface area (Å²) in [4.78, 5) is 12.2. The lowest BCUT2D eigenvalue weighted by molar-refractivity contribution is -0.119. The lowest BCUT2D eigenvalue weighted by Crippen LogP contribution is -2.36. The van der Waals surface area contributed by atoms with Gasteiger partial charge in [0.1, 0.15) is 0 Å². The van der Waals surface area contributed by atoms with Crippen molar-refractivity contribution in [3.63, 3.8) is 0 Å². The highest BCUT2D eigenvalue weighted by molar-refractivity contribution is 7.99. The fraction of sp³-hybridized carbons (Fsp3) is 0.800. The Balaban J connectivity index is 1.47. The Kier molecular flexibility index (Phi) is 5.23. The van der Waals surface area contributed by atoms with Crippen LogP contribution in [0.2, 0.25) is 0 Å². The van der Waals surface area contributed by atoms with Crippen LogP contribution in [0, 0.1) is 0 Å². The predicted octanol–water partition coefficient (Wildman–Crippen LogP) is 2.52. The summed E-state index contributed by atoms with van der Waals surface area (Å²) in [6, 6.07) is 0.783. The van der Waals surface area contributed by atoms with E-state index in [2.05, 4.69) is 15.5 Å². The Morgan fingerprint density at radius 1 is 1.14 bits per heavy atom. The molecular formula is C15H25N5OS. The molecule has 122 valence electrons. The molecule has 1 aromatic rings. The van der Waals surface area contributed by atoms with Crippen molar-refractivity contribution in [1.29, 1.82) is 0 Å². The van der Waals surface area contributed by atoms with E-state index in [1.165, 1.54) is 43.9 Å². The maximum atomic E-state index is 12.2. The number of nitrogens with one attached hydrogen (secondary N) is 1. The van der Waals surface area contributed by atoms with Gasteiger partial charge in [0.15, 0.2) is 5.16 Å². The highest BCUT2D eigenvalue weighted by atomic mass is 32.2. The number of aromatic nitrogens is 3. The Hall–Kier alpha value is -1.24. The minimum Gasteiger partial charge on any atom is -0.368 e. The smallest absolute Gasteiger partial charge is 0.230 e. The molecule has 1 amide bonds. The summed E-state index contributed by atoms with van der Waals surface area (Å²) in [7, 11) is 0. The van der Waals surface area contributed by atoms with Crippen LogP contribution in [0.3, 0.4) is 0 Å². The highest BCUT2D eigenvalue weighted by Crippen LogP contribution is 2.39. The van der Waals surface area contributed by atoms with Crippen LogP contribution in [0.1, 0.15) is 63.8 Å². The molecule has 0 aliphatic heterocycles. The molecule has 2 aliphatic rings. The third-order valence-corrected chi connectivity index (χ3v) is 5.35. The molecule has 0 bridgehead atoms. The SMILES string of the molecule is Nc1nnc(SCC(=O)NC2CCCCCCC2)n1C1CC1. The number of carbonyl (C=O) groups excluding carboxylic acids is 1. The van der Waals surface area contributed by atoms with Crippen LogP contribution in [-0.2, 0) is 4.79 Å². The molecule has 0 saturated heterocycles. The van der Waals surface area contributed by atoms with Gasteiger partial charge in [-0.1, -0.05) is 43.9 Å². The van der Waals surface area contributed by atoms with Gasteiger partial charge in [0.25, 0.3) is 0 Å². The number of rotatable bonds is 5. The molecule has 3 N–H and O–H groups in total. The van der Waals surface area contributed by atoms with Crippen molar-refractivity contribution in [2.24, 2.45) is 0 Å². The topological polar surface area (TPSA) is 85.8 Å². The van der Waals surface area contributed by atoms with Crippen LogP contribution >= 0.6 is 11.8 Å². The molecule has 1 heterocycles. The molecule has 0 aromatic carbocycles. The van der Waals surface area contributed by atoms with Crippen molar-refractivity contribution in [3.05, 3.63) is 0 Å². The normalized spacial score (nSPS) is 20.4. The average Bonchev–Trinajstić information content (AvgIpc) is 3.23. The first-order valence-electron chi connectivity index (χ1n) is 8.36. The van der Waals surface area contributed by atoms with Crippen molar-refractivity contribution in [2.45, 2.75) is 75.0 Å². The maximum absolute atomic E-state index is 12.2. The predicted molar refractivity (Wildman–Crippen MR) is 87.7 cm³/mol. The highest BCUT2D eigenvalue weighted by Gasteiger charge is 2.29. The minimum atomic E-state index is 0.0968. The van der Waals surface area contributed by atoms with Crippen LogP contribution in [-0.4, -0.2) is 32.5 Å². The first kappa shape index (κ1) is 15.6. The van der Waals surface area contributed by atoms with E-state index in [0.29, 0.717) is 23.8 Å². The van der Waals surface area contributed by atoms with E-state index >= 15 is 0 Å². The summed E-state index contributed by atoms with van der Waals surface area (Å²) < 4.78 is 1.97. The molecule has 7 heteroatoms. The first-order chi connectivity index (χ1) is 10.7. The lowest BCUT2D eigenvalue weighted by Gasteiger charge is -2.20. The second kappa shape index (κ2) is 7.35. The standard InChI is InChI=1S/C15H25N5OS/c16-14-18-19-15(20(14)12-8-9-12)22-10-13(21)17-11-6-4-2-1-3-5-7-11/h11-12H,1-10H2,(H2,16,18)(H,17,21). The van der Waals surface area contributed by atoms with Crippen molar-refractivity contribution >= 4 is 23.6 Å². The fourth-order valence-electron chi connectivity index (χ4n) is 3.06. The number of nitrogens with zero attached hydrogens (tertiary/aromatic N) is 3. The molecule has 1 aromatic heterocycles. The van der Waals surface area contributed by atoms with Gasteiger partial charge in [0.2, 0.25) is 11.9 Å². The third-order valence-electron chi connectivity index (χ3n) is 4.41. The largest absolute Gasteiger partial charge is 0.368 e. The summed E-state index contributed by atoms with van der Waals surface area (Å²) >= 11 is 1.44. The van der Waals surface area contributed by atoms with Gasteiger partial charge >= 0.3 is 0 Å². The number of amides is 1. The molecule has 0 unspecified atom stereocenters. The molecule has 0 atom stereocenters. The zero-order valence-corrected chi connectivity index (χ0v) is 13.8. The maximum Gasteiger partial charge on any atom is 0.230 e. The number of hydrogen-bond donors (Lipinski definition) is 2. The number of hydrogen-bond acceptors (Lipinski definition) is 5. The number of carbonyl (C=O) groups is 1. The van der Waals surface area contributed by atoms with Gasteiger partial charge in [-0.3, -0.25) is 9.36 Å². The third kappa shape index (κ3) is 4.15. The molecule has 6 nitrogen and oxygen atoms in total. The molecule has 3 rings (SSSR count). The quantitative estimate of drug-likeness (QED) is 0.813. The van der Waals surface area contributed by atoms with Crippen molar-refractivity contribution in [2.75, 3.05) is 11.5 Å². The zero-order chi connectivity index (χ0) is 15.4. The van der Waals surface area contributed by atoms with Gasteiger partial charge in [-0.15, -0.1) is 10.2 Å². The van der Waals surface area contributed by atoms with Crippen LogP contribution in [0.5, 0.6) is 0 Å². The van der Waals surface area contributed by atoms with Crippen LogP contribution < -0.4 is 11.1 Å². The molecule has 0 spiro atoms. The number of anilines is 1. The summed E-state index contributed by atoms with van der Waals surface area (Å²) in [5.41, 5.74) is 5.85. The van der Waals surface area contributed by atoms with Gasteiger partial charge in [-0.05, 0) is 25.7 Å². The van der Waals surface area contributed by atoms with Crippen molar-refractivity contribution < 1.29 is 4.79 Å². The average molecular weight is 323 g/mol. The van der Waals surface area contributed by atoms with Crippen molar-refractivity contribution in [1.82, 2.24) is 20.1 Å². The van der Waals surface area contributed by atoms with Gasteiger partial charge < -0.3 is 11.1 Å². The van der Waals surface area contributed by atoms with E-state index in [0.717, 1.165) is 30.8 Å². The summed E-state index contributed by atoms with van der Waals surface area (Å²) in [6.07, 6.45) is 10.9. The number of thioether (sulfide) groups is 1. The van der Waals surface area contributed by atoms with E-state index in [4.69, 9.17) is 5.73 Å². The zero-order valence-electron chi connectivity index (χ0n) is 13.0. The van der Waals surface area contributed by atoms with Gasteiger partial charge in [-0.2, -0.15) is 0 Å². The second-order valence-electron chi connectivity index (χ2n) is 6.34. The first-order valence-corrected chi connectivity index (χ1v) is 9.35. The lowest BCUT2D eigenvalue weighted by atomic mass is 9.97. The van der Waals surface area contributed by atoms with Gasteiger partial charge in [0, 0.05) is 12.1 Å². The Labute approximate surface area is 135 Å².